The second kappa shape index (κ2) is 14.8. The van der Waals surface area contributed by atoms with Gasteiger partial charge < -0.3 is 42.6 Å². The summed E-state index contributed by atoms with van der Waals surface area (Å²) in [4.78, 5) is 79.4. The molecule has 0 radical (unpaired) electrons. The Morgan fingerprint density at radius 3 is 2.05 bits per heavy atom. The van der Waals surface area contributed by atoms with Crippen molar-refractivity contribution in [1.82, 2.24) is 25.9 Å². The summed E-state index contributed by atoms with van der Waals surface area (Å²) in [6.07, 6.45) is 1.32. The number of hydrogen-bond acceptors (Lipinski definition) is 8. The zero-order chi connectivity index (χ0) is 28.9. The summed E-state index contributed by atoms with van der Waals surface area (Å²) in [6.45, 7) is 0. The highest BCUT2D eigenvalue weighted by molar-refractivity contribution is 5.95. The minimum absolute atomic E-state index is 0.0224. The van der Waals surface area contributed by atoms with Crippen molar-refractivity contribution in [3.05, 3.63) is 54.1 Å². The molecule has 0 aliphatic heterocycles. The van der Waals surface area contributed by atoms with Crippen LogP contribution in [0, 0.1) is 0 Å². The molecule has 0 fully saturated rings. The Hall–Kier alpha value is -4.79. The fourth-order valence-electron chi connectivity index (χ4n) is 3.54. The molecule has 2 aromatic rings. The zero-order valence-corrected chi connectivity index (χ0v) is 20.8. The molecule has 10 N–H and O–H groups in total. The lowest BCUT2D eigenvalue weighted by molar-refractivity contribution is -0.142. The number of nitrogens with two attached hydrogens (primary N) is 2. The van der Waals surface area contributed by atoms with Crippen molar-refractivity contribution >= 4 is 35.6 Å². The van der Waals surface area contributed by atoms with E-state index in [2.05, 4.69) is 25.9 Å². The van der Waals surface area contributed by atoms with Crippen molar-refractivity contribution in [2.45, 2.75) is 56.3 Å². The zero-order valence-electron chi connectivity index (χ0n) is 20.8. The van der Waals surface area contributed by atoms with Gasteiger partial charge in [0.25, 0.3) is 0 Å². The first-order valence-electron chi connectivity index (χ1n) is 11.9. The quantitative estimate of drug-likeness (QED) is 0.113. The van der Waals surface area contributed by atoms with Crippen LogP contribution >= 0.6 is 0 Å². The Bertz CT molecular complexity index is 1160. The average Bonchev–Trinajstić information content (AvgIpc) is 3.38. The molecule has 1 aromatic heterocycles. The highest BCUT2D eigenvalue weighted by atomic mass is 16.4. The molecule has 0 aliphatic carbocycles. The Morgan fingerprint density at radius 1 is 0.872 bits per heavy atom. The minimum Gasteiger partial charge on any atom is -0.481 e. The summed E-state index contributed by atoms with van der Waals surface area (Å²) in [5.74, 6) is -6.10. The first kappa shape index (κ1) is 30.4. The lowest BCUT2D eigenvalue weighted by atomic mass is 10.0. The Labute approximate surface area is 222 Å². The standard InChI is InChI=1S/C24H31N7O8/c25-15(10-20(33)34)21(35)29-16(6-7-19(26)32)22(36)30-17(9-14-11-27-12-28-14)23(37)31-18(24(38)39)8-13-4-2-1-3-5-13/h1-5,11-12,15-18H,6-10,25H2,(H2,26,32)(H,27,28)(H,29,35)(H,30,36)(H,31,37)(H,33,34)(H,38,39). The number of carbonyl (C=O) groups excluding carboxylic acids is 4. The van der Waals surface area contributed by atoms with Crippen molar-refractivity contribution in [2.24, 2.45) is 11.5 Å². The third kappa shape index (κ3) is 10.6. The number of carbonyl (C=O) groups is 6. The Morgan fingerprint density at radius 2 is 1.49 bits per heavy atom. The van der Waals surface area contributed by atoms with Crippen LogP contribution in [-0.4, -0.2) is 79.9 Å². The molecule has 15 heteroatoms. The van der Waals surface area contributed by atoms with Crippen molar-refractivity contribution in [3.63, 3.8) is 0 Å². The van der Waals surface area contributed by atoms with Gasteiger partial charge in [0.1, 0.15) is 18.1 Å². The second-order valence-electron chi connectivity index (χ2n) is 8.70. The first-order chi connectivity index (χ1) is 18.5. The highest BCUT2D eigenvalue weighted by Crippen LogP contribution is 2.07. The molecule has 1 heterocycles. The van der Waals surface area contributed by atoms with Crippen LogP contribution in [0.25, 0.3) is 0 Å². The molecule has 4 atom stereocenters. The van der Waals surface area contributed by atoms with E-state index in [1.165, 1.54) is 12.5 Å². The van der Waals surface area contributed by atoms with Gasteiger partial charge in [-0.2, -0.15) is 0 Å². The van der Waals surface area contributed by atoms with Crippen LogP contribution < -0.4 is 27.4 Å². The van der Waals surface area contributed by atoms with E-state index in [4.69, 9.17) is 16.6 Å². The molecule has 1 aromatic carbocycles. The Balaban J connectivity index is 2.22. The van der Waals surface area contributed by atoms with Crippen molar-refractivity contribution < 1.29 is 39.0 Å². The van der Waals surface area contributed by atoms with Gasteiger partial charge in [-0.3, -0.25) is 24.0 Å². The third-order valence-electron chi connectivity index (χ3n) is 5.55. The third-order valence-corrected chi connectivity index (χ3v) is 5.55. The number of aromatic amines is 1. The van der Waals surface area contributed by atoms with Crippen molar-refractivity contribution in [1.29, 1.82) is 0 Å². The predicted molar refractivity (Wildman–Crippen MR) is 135 cm³/mol. The number of aliphatic carboxylic acids is 2. The number of hydrogen-bond donors (Lipinski definition) is 8. The monoisotopic (exact) mass is 545 g/mol. The maximum Gasteiger partial charge on any atom is 0.326 e. The summed E-state index contributed by atoms with van der Waals surface area (Å²) in [6, 6.07) is 3.08. The number of carboxylic acids is 2. The summed E-state index contributed by atoms with van der Waals surface area (Å²) in [5.41, 5.74) is 11.8. The van der Waals surface area contributed by atoms with Crippen LogP contribution in [0.3, 0.4) is 0 Å². The molecule has 4 amide bonds. The number of nitrogens with one attached hydrogen (secondary N) is 4. The average molecular weight is 546 g/mol. The van der Waals surface area contributed by atoms with Gasteiger partial charge in [-0.15, -0.1) is 0 Å². The molecule has 210 valence electrons. The molecule has 4 unspecified atom stereocenters. The maximum absolute atomic E-state index is 13.2. The number of primary amides is 1. The van der Waals surface area contributed by atoms with Crippen LogP contribution in [0.1, 0.15) is 30.5 Å². The minimum atomic E-state index is -1.48. The van der Waals surface area contributed by atoms with Gasteiger partial charge in [0.2, 0.25) is 23.6 Å². The number of carboxylic acid groups (broad SMARTS) is 2. The molecule has 0 aliphatic rings. The van der Waals surface area contributed by atoms with E-state index in [1.54, 1.807) is 30.3 Å². The van der Waals surface area contributed by atoms with E-state index in [-0.39, 0.29) is 25.7 Å². The highest BCUT2D eigenvalue weighted by Gasteiger charge is 2.31. The number of H-pyrrole nitrogens is 1. The summed E-state index contributed by atoms with van der Waals surface area (Å²) < 4.78 is 0. The molecule has 2 rings (SSSR count). The number of amides is 4. The van der Waals surface area contributed by atoms with Gasteiger partial charge in [0, 0.05) is 31.2 Å². The molecule has 0 bridgehead atoms. The number of nitrogens with zero attached hydrogens (tertiary/aromatic N) is 1. The summed E-state index contributed by atoms with van der Waals surface area (Å²) >= 11 is 0. The van der Waals surface area contributed by atoms with Crippen molar-refractivity contribution in [3.8, 4) is 0 Å². The summed E-state index contributed by atoms with van der Waals surface area (Å²) in [5, 5.41) is 25.7. The molecule has 0 saturated heterocycles. The maximum atomic E-state index is 13.2. The molecule has 39 heavy (non-hydrogen) atoms. The first-order valence-corrected chi connectivity index (χ1v) is 11.9. The molecular formula is C24H31N7O8. The fourth-order valence-corrected chi connectivity index (χ4v) is 3.54. The van der Waals surface area contributed by atoms with Crippen LogP contribution in [0.2, 0.25) is 0 Å². The predicted octanol–water partition coefficient (Wildman–Crippen LogP) is -2.20. The normalized spacial score (nSPS) is 13.8. The Kier molecular flexibility index (Phi) is 11.6. The van der Waals surface area contributed by atoms with Gasteiger partial charge >= 0.3 is 11.9 Å². The van der Waals surface area contributed by atoms with E-state index in [0.717, 1.165) is 0 Å². The van der Waals surface area contributed by atoms with Crippen LogP contribution in [0.5, 0.6) is 0 Å². The molecule has 0 saturated carbocycles. The second-order valence-corrected chi connectivity index (χ2v) is 8.70. The lowest BCUT2D eigenvalue weighted by Crippen LogP contribution is -2.58. The van der Waals surface area contributed by atoms with E-state index in [9.17, 15) is 33.9 Å². The van der Waals surface area contributed by atoms with E-state index in [1.807, 2.05) is 0 Å². The smallest absolute Gasteiger partial charge is 0.326 e. The SMILES string of the molecule is NC(=O)CCC(NC(=O)C(N)CC(=O)O)C(=O)NC(Cc1cnc[nH]1)C(=O)NC(Cc1ccccc1)C(=O)O. The number of benzene rings is 1. The van der Waals surface area contributed by atoms with E-state index < -0.39 is 66.2 Å². The molecular weight excluding hydrogens is 514 g/mol. The van der Waals surface area contributed by atoms with Crippen molar-refractivity contribution in [2.75, 3.05) is 0 Å². The largest absolute Gasteiger partial charge is 0.481 e. The van der Waals surface area contributed by atoms with E-state index in [0.29, 0.717) is 11.3 Å². The van der Waals surface area contributed by atoms with Gasteiger partial charge in [-0.1, -0.05) is 30.3 Å². The molecule has 0 spiro atoms. The van der Waals surface area contributed by atoms with Gasteiger partial charge in [0.05, 0.1) is 18.8 Å². The van der Waals surface area contributed by atoms with Gasteiger partial charge in [-0.25, -0.2) is 9.78 Å². The fraction of sp³-hybridized carbons (Fsp3) is 0.375. The topological polar surface area (TPSA) is 260 Å². The molecule has 15 nitrogen and oxygen atoms in total. The number of aromatic nitrogens is 2. The number of rotatable bonds is 16. The van der Waals surface area contributed by atoms with Crippen LogP contribution in [0.4, 0.5) is 0 Å². The van der Waals surface area contributed by atoms with Gasteiger partial charge in [-0.05, 0) is 12.0 Å². The van der Waals surface area contributed by atoms with Gasteiger partial charge in [0.15, 0.2) is 0 Å². The summed E-state index contributed by atoms with van der Waals surface area (Å²) in [7, 11) is 0. The van der Waals surface area contributed by atoms with E-state index >= 15 is 0 Å². The number of imidazole rings is 1. The van der Waals surface area contributed by atoms with Crippen LogP contribution in [0.15, 0.2) is 42.9 Å². The lowest BCUT2D eigenvalue weighted by Gasteiger charge is -2.25. The van der Waals surface area contributed by atoms with Crippen LogP contribution in [-0.2, 0) is 41.6 Å².